The fraction of sp³-hybridized carbons (Fsp3) is 0.391. The first-order chi connectivity index (χ1) is 16.4. The lowest BCUT2D eigenvalue weighted by Crippen LogP contribution is -2.45. The number of pyridine rings is 1. The van der Waals surface area contributed by atoms with Gasteiger partial charge in [0.1, 0.15) is 23.5 Å². The van der Waals surface area contributed by atoms with Crippen LogP contribution < -0.4 is 15.5 Å². The van der Waals surface area contributed by atoms with E-state index in [0.717, 1.165) is 25.1 Å². The Hall–Kier alpha value is -3.60. The Morgan fingerprint density at radius 1 is 1.15 bits per heavy atom. The number of halogens is 2. The van der Waals surface area contributed by atoms with Gasteiger partial charge in [0.2, 0.25) is 11.8 Å². The number of aromatic nitrogens is 1. The summed E-state index contributed by atoms with van der Waals surface area (Å²) in [6.45, 7) is 0.664. The van der Waals surface area contributed by atoms with Gasteiger partial charge in [-0.05, 0) is 43.2 Å². The number of amides is 4. The number of likely N-dealkylation sites (tertiary alicyclic amines) is 1. The summed E-state index contributed by atoms with van der Waals surface area (Å²) in [6.07, 6.45) is 2.88. The van der Waals surface area contributed by atoms with Gasteiger partial charge in [0, 0.05) is 38.7 Å². The average molecular weight is 473 g/mol. The lowest BCUT2D eigenvalue weighted by molar-refractivity contribution is -0.120. The molecule has 1 aromatic carbocycles. The van der Waals surface area contributed by atoms with Gasteiger partial charge >= 0.3 is 6.03 Å². The highest BCUT2D eigenvalue weighted by molar-refractivity contribution is 6.00. The summed E-state index contributed by atoms with van der Waals surface area (Å²) in [5.74, 6) is -1.75. The number of carbonyl (C=O) groups is 3. The van der Waals surface area contributed by atoms with Crippen LogP contribution >= 0.6 is 0 Å². The summed E-state index contributed by atoms with van der Waals surface area (Å²) in [6, 6.07) is 5.12. The first kappa shape index (κ1) is 23.6. The van der Waals surface area contributed by atoms with E-state index in [1.807, 2.05) is 0 Å². The van der Waals surface area contributed by atoms with Gasteiger partial charge in [-0.25, -0.2) is 18.6 Å². The molecule has 2 atom stereocenters. The largest absolute Gasteiger partial charge is 0.380 e. The first-order valence-corrected chi connectivity index (χ1v) is 11.0. The summed E-state index contributed by atoms with van der Waals surface area (Å²) in [7, 11) is 1.48. The van der Waals surface area contributed by atoms with Crippen LogP contribution in [-0.4, -0.2) is 60.1 Å². The minimum Gasteiger partial charge on any atom is -0.380 e. The van der Waals surface area contributed by atoms with Gasteiger partial charge in [0.25, 0.3) is 0 Å². The smallest absolute Gasteiger partial charge is 0.323 e. The normalized spacial score (nSPS) is 20.4. The molecular weight excluding hydrogens is 448 g/mol. The quantitative estimate of drug-likeness (QED) is 0.695. The van der Waals surface area contributed by atoms with Crippen LogP contribution in [0.2, 0.25) is 0 Å². The molecule has 0 bridgehead atoms. The third-order valence-electron chi connectivity index (χ3n) is 5.97. The molecule has 2 saturated heterocycles. The third kappa shape index (κ3) is 5.14. The van der Waals surface area contributed by atoms with Gasteiger partial charge in [0.05, 0.1) is 18.0 Å². The van der Waals surface area contributed by atoms with E-state index in [-0.39, 0.29) is 36.5 Å². The Bertz CT molecular complexity index is 1080. The molecule has 3 heterocycles. The Kier molecular flexibility index (Phi) is 7.01. The van der Waals surface area contributed by atoms with E-state index < -0.39 is 29.6 Å². The molecule has 0 saturated carbocycles. The second kappa shape index (κ2) is 10.1. The summed E-state index contributed by atoms with van der Waals surface area (Å²) in [5, 5.41) is 5.06. The third-order valence-corrected chi connectivity index (χ3v) is 5.97. The van der Waals surface area contributed by atoms with Crippen LogP contribution in [0, 0.1) is 11.6 Å². The Morgan fingerprint density at radius 3 is 2.65 bits per heavy atom. The van der Waals surface area contributed by atoms with Crippen molar-refractivity contribution in [3.8, 4) is 0 Å². The number of hydrogen-bond acceptors (Lipinski definition) is 5. The number of carbonyl (C=O) groups excluding carboxylic acids is 3. The number of urea groups is 1. The number of rotatable bonds is 5. The predicted molar refractivity (Wildman–Crippen MR) is 120 cm³/mol. The number of piperidine rings is 1. The van der Waals surface area contributed by atoms with Crippen molar-refractivity contribution in [2.24, 2.45) is 0 Å². The van der Waals surface area contributed by atoms with Gasteiger partial charge < -0.3 is 19.9 Å². The maximum absolute atomic E-state index is 14.8. The van der Waals surface area contributed by atoms with Gasteiger partial charge in [-0.15, -0.1) is 0 Å². The number of anilines is 3. The SMILES string of the molecule is COC1CC(C(=O)Nc2ccc(N3CCCCC3=O)cc2F)N(C(=O)Nc2ccc(F)cn2)C1. The van der Waals surface area contributed by atoms with Crippen molar-refractivity contribution in [2.75, 3.05) is 35.7 Å². The Labute approximate surface area is 195 Å². The summed E-state index contributed by atoms with van der Waals surface area (Å²) >= 11 is 0. The maximum atomic E-state index is 14.8. The highest BCUT2D eigenvalue weighted by Crippen LogP contribution is 2.27. The molecule has 180 valence electrons. The van der Waals surface area contributed by atoms with E-state index in [9.17, 15) is 23.2 Å². The summed E-state index contributed by atoms with van der Waals surface area (Å²) in [5.41, 5.74) is 0.382. The molecule has 2 unspecified atom stereocenters. The van der Waals surface area contributed by atoms with Crippen molar-refractivity contribution in [3.05, 3.63) is 48.2 Å². The van der Waals surface area contributed by atoms with Crippen molar-refractivity contribution >= 4 is 35.0 Å². The second-order valence-corrected chi connectivity index (χ2v) is 8.21. The molecule has 9 nitrogen and oxygen atoms in total. The zero-order valence-electron chi connectivity index (χ0n) is 18.6. The van der Waals surface area contributed by atoms with Crippen molar-refractivity contribution in [1.82, 2.24) is 9.88 Å². The van der Waals surface area contributed by atoms with E-state index in [2.05, 4.69) is 15.6 Å². The molecule has 2 fully saturated rings. The summed E-state index contributed by atoms with van der Waals surface area (Å²) in [4.78, 5) is 44.5. The number of benzene rings is 1. The van der Waals surface area contributed by atoms with E-state index in [0.29, 0.717) is 18.7 Å². The second-order valence-electron chi connectivity index (χ2n) is 8.21. The zero-order valence-corrected chi connectivity index (χ0v) is 18.6. The molecule has 1 aromatic heterocycles. The minimum atomic E-state index is -0.923. The monoisotopic (exact) mass is 473 g/mol. The lowest BCUT2D eigenvalue weighted by Gasteiger charge is -2.27. The maximum Gasteiger partial charge on any atom is 0.323 e. The van der Waals surface area contributed by atoms with Crippen molar-refractivity contribution < 1.29 is 27.9 Å². The van der Waals surface area contributed by atoms with Crippen molar-refractivity contribution in [1.29, 1.82) is 0 Å². The standard InChI is InChI=1S/C23H25F2N5O4/c1-34-16-11-19(30(13-16)23(33)28-20-8-5-14(24)12-26-20)22(32)27-18-7-6-15(10-17(18)25)29-9-3-2-4-21(29)31/h5-8,10,12,16,19H,2-4,9,11,13H2,1H3,(H,27,32)(H,26,28,33). The van der Waals surface area contributed by atoms with Crippen LogP contribution in [0.1, 0.15) is 25.7 Å². The molecule has 2 aliphatic rings. The predicted octanol–water partition coefficient (Wildman–Crippen LogP) is 3.14. The molecule has 0 aliphatic carbocycles. The Balaban J connectivity index is 1.46. The van der Waals surface area contributed by atoms with Gasteiger partial charge in [-0.3, -0.25) is 14.9 Å². The average Bonchev–Trinajstić information content (AvgIpc) is 3.27. The molecule has 4 amide bonds. The molecule has 11 heteroatoms. The minimum absolute atomic E-state index is 0.0559. The lowest BCUT2D eigenvalue weighted by atomic mass is 10.1. The molecule has 0 radical (unpaired) electrons. The van der Waals surface area contributed by atoms with Crippen LogP contribution in [0.5, 0.6) is 0 Å². The Morgan fingerprint density at radius 2 is 1.97 bits per heavy atom. The van der Waals surface area contributed by atoms with Crippen LogP contribution in [0.4, 0.5) is 30.8 Å². The number of ether oxygens (including phenoxy) is 1. The van der Waals surface area contributed by atoms with Crippen LogP contribution in [0.3, 0.4) is 0 Å². The van der Waals surface area contributed by atoms with Gasteiger partial charge in [-0.2, -0.15) is 0 Å². The highest BCUT2D eigenvalue weighted by Gasteiger charge is 2.40. The molecule has 2 aromatic rings. The number of methoxy groups -OCH3 is 1. The molecule has 4 rings (SSSR count). The van der Waals surface area contributed by atoms with Crippen LogP contribution in [-0.2, 0) is 14.3 Å². The number of hydrogen-bond donors (Lipinski definition) is 2. The first-order valence-electron chi connectivity index (χ1n) is 11.0. The van der Waals surface area contributed by atoms with E-state index in [1.54, 1.807) is 6.07 Å². The van der Waals surface area contributed by atoms with E-state index >= 15 is 0 Å². The van der Waals surface area contributed by atoms with Gasteiger partial charge in [-0.1, -0.05) is 0 Å². The van der Waals surface area contributed by atoms with Gasteiger partial charge in [0.15, 0.2) is 0 Å². The fourth-order valence-electron chi connectivity index (χ4n) is 4.14. The van der Waals surface area contributed by atoms with E-state index in [4.69, 9.17) is 4.74 Å². The highest BCUT2D eigenvalue weighted by atomic mass is 19.1. The van der Waals surface area contributed by atoms with Crippen LogP contribution in [0.25, 0.3) is 0 Å². The van der Waals surface area contributed by atoms with Crippen molar-refractivity contribution in [2.45, 2.75) is 37.8 Å². The fourth-order valence-corrected chi connectivity index (χ4v) is 4.14. The van der Waals surface area contributed by atoms with Crippen LogP contribution in [0.15, 0.2) is 36.5 Å². The van der Waals surface area contributed by atoms with E-state index in [1.165, 1.54) is 35.1 Å². The van der Waals surface area contributed by atoms with Crippen molar-refractivity contribution in [3.63, 3.8) is 0 Å². The summed E-state index contributed by atoms with van der Waals surface area (Å²) < 4.78 is 33.2. The molecular formula is C23H25F2N5O4. The molecule has 2 aliphatic heterocycles. The number of nitrogens with one attached hydrogen (secondary N) is 2. The molecule has 34 heavy (non-hydrogen) atoms. The molecule has 2 N–H and O–H groups in total. The zero-order chi connectivity index (χ0) is 24.2. The number of nitrogens with zero attached hydrogens (tertiary/aromatic N) is 3. The molecule has 0 spiro atoms. The topological polar surface area (TPSA) is 104 Å².